The molecule has 1 atom stereocenters. The number of aryl methyl sites for hydroxylation is 1. The number of aromatic nitrogens is 1. The summed E-state index contributed by atoms with van der Waals surface area (Å²) in [5, 5.41) is 5.34. The van der Waals surface area contributed by atoms with Crippen LogP contribution in [0.3, 0.4) is 0 Å². The maximum Gasteiger partial charge on any atom is 0.209 e. The molecule has 0 spiro atoms. The number of ketones is 1. The van der Waals surface area contributed by atoms with Crippen LogP contribution in [0.4, 0.5) is 0 Å². The zero-order valence-electron chi connectivity index (χ0n) is 16.0. The molecule has 0 radical (unpaired) electrons. The van der Waals surface area contributed by atoms with Crippen molar-refractivity contribution in [3.8, 4) is 0 Å². The number of nitrogens with zero attached hydrogens (tertiary/aromatic N) is 1. The summed E-state index contributed by atoms with van der Waals surface area (Å²) in [4.78, 5) is 12.9. The van der Waals surface area contributed by atoms with Crippen molar-refractivity contribution >= 4 is 15.8 Å². The molecule has 5 nitrogen and oxygen atoms in total. The predicted octanol–water partition coefficient (Wildman–Crippen LogP) is 3.18. The Labute approximate surface area is 165 Å². The van der Waals surface area contributed by atoms with Gasteiger partial charge in [0.1, 0.15) is 0 Å². The smallest absolute Gasteiger partial charge is 0.209 e. The first kappa shape index (κ1) is 20.0. The van der Waals surface area contributed by atoms with Gasteiger partial charge < -0.3 is 4.57 Å². The lowest BCUT2D eigenvalue weighted by Crippen LogP contribution is -2.24. The highest BCUT2D eigenvalue weighted by atomic mass is 32.2. The Morgan fingerprint density at radius 3 is 2.18 bits per heavy atom. The number of nitrogens with two attached hydrogens (primary N) is 1. The van der Waals surface area contributed by atoms with Gasteiger partial charge in [-0.25, -0.2) is 13.6 Å². The number of hydrogen-bond donors (Lipinski definition) is 1. The van der Waals surface area contributed by atoms with Gasteiger partial charge in [0, 0.05) is 24.2 Å². The summed E-state index contributed by atoms with van der Waals surface area (Å²) >= 11 is 0. The van der Waals surface area contributed by atoms with E-state index in [1.165, 1.54) is 0 Å². The standard InChI is InChI=1S/C22H24N2O3S/c1-16-13-20(24(2)21(16)22(25)18-11-7-4-8-12-18)14-19(15-28(23,26)27)17-9-5-3-6-10-17/h3-13,19H,14-15H2,1-2H3,(H2,23,26,27). The Morgan fingerprint density at radius 2 is 1.61 bits per heavy atom. The van der Waals surface area contributed by atoms with Crippen LogP contribution in [0.2, 0.25) is 0 Å². The molecule has 3 rings (SSSR count). The Balaban J connectivity index is 1.96. The SMILES string of the molecule is Cc1cc(CC(CS(N)(=O)=O)c2ccccc2)n(C)c1C(=O)c1ccccc1. The highest BCUT2D eigenvalue weighted by Gasteiger charge is 2.23. The second-order valence-electron chi connectivity index (χ2n) is 7.06. The molecule has 0 amide bonds. The molecule has 6 heteroatoms. The van der Waals surface area contributed by atoms with Gasteiger partial charge in [0.15, 0.2) is 0 Å². The number of carbonyl (C=O) groups excluding carboxylic acids is 1. The number of benzene rings is 2. The molecule has 28 heavy (non-hydrogen) atoms. The van der Waals surface area contributed by atoms with Crippen LogP contribution in [0.5, 0.6) is 0 Å². The van der Waals surface area contributed by atoms with E-state index in [9.17, 15) is 13.2 Å². The van der Waals surface area contributed by atoms with Gasteiger partial charge in [0.05, 0.1) is 11.4 Å². The minimum absolute atomic E-state index is 0.0467. The third kappa shape index (κ3) is 4.58. The summed E-state index contributed by atoms with van der Waals surface area (Å²) in [5.41, 5.74) is 3.92. The number of sulfonamides is 1. The largest absolute Gasteiger partial charge is 0.345 e. The minimum atomic E-state index is -3.64. The van der Waals surface area contributed by atoms with Gasteiger partial charge in [-0.05, 0) is 30.5 Å². The van der Waals surface area contributed by atoms with Crippen molar-refractivity contribution in [2.45, 2.75) is 19.3 Å². The Hall–Kier alpha value is -2.70. The van der Waals surface area contributed by atoms with Crippen molar-refractivity contribution in [1.29, 1.82) is 0 Å². The van der Waals surface area contributed by atoms with Gasteiger partial charge in [-0.1, -0.05) is 60.7 Å². The second kappa shape index (κ2) is 8.12. The maximum absolute atomic E-state index is 12.9. The average molecular weight is 397 g/mol. The van der Waals surface area contributed by atoms with Crippen molar-refractivity contribution in [1.82, 2.24) is 4.57 Å². The van der Waals surface area contributed by atoms with Crippen molar-refractivity contribution in [2.75, 3.05) is 5.75 Å². The molecule has 0 bridgehead atoms. The van der Waals surface area contributed by atoms with Gasteiger partial charge in [-0.2, -0.15) is 0 Å². The molecule has 3 aromatic rings. The first-order chi connectivity index (χ1) is 13.3. The number of hydrogen-bond acceptors (Lipinski definition) is 3. The molecule has 0 saturated heterocycles. The predicted molar refractivity (Wildman–Crippen MR) is 111 cm³/mol. The first-order valence-corrected chi connectivity index (χ1v) is 10.8. The van der Waals surface area contributed by atoms with Gasteiger partial charge in [-0.3, -0.25) is 4.79 Å². The third-order valence-corrected chi connectivity index (χ3v) is 5.80. The van der Waals surface area contributed by atoms with Crippen molar-refractivity contribution < 1.29 is 13.2 Å². The third-order valence-electron chi connectivity index (χ3n) is 4.93. The van der Waals surface area contributed by atoms with Crippen LogP contribution in [-0.2, 0) is 23.5 Å². The van der Waals surface area contributed by atoms with Crippen molar-refractivity contribution in [3.63, 3.8) is 0 Å². The van der Waals surface area contributed by atoms with Crippen molar-refractivity contribution in [2.24, 2.45) is 12.2 Å². The maximum atomic E-state index is 12.9. The van der Waals surface area contributed by atoms with Gasteiger partial charge in [-0.15, -0.1) is 0 Å². The fraction of sp³-hybridized carbons (Fsp3) is 0.227. The molecule has 0 fully saturated rings. The zero-order valence-corrected chi connectivity index (χ0v) is 16.8. The molecule has 1 unspecified atom stereocenters. The normalized spacial score (nSPS) is 12.7. The Morgan fingerprint density at radius 1 is 1.04 bits per heavy atom. The summed E-state index contributed by atoms with van der Waals surface area (Å²) < 4.78 is 25.4. The van der Waals surface area contributed by atoms with Crippen LogP contribution in [-0.4, -0.2) is 24.5 Å². The van der Waals surface area contributed by atoms with Gasteiger partial charge in [0.2, 0.25) is 15.8 Å². The lowest BCUT2D eigenvalue weighted by molar-refractivity contribution is 0.103. The molecule has 2 N–H and O–H groups in total. The molecule has 2 aromatic carbocycles. The van der Waals surface area contributed by atoms with E-state index in [2.05, 4.69) is 0 Å². The summed E-state index contributed by atoms with van der Waals surface area (Å²) in [7, 11) is -1.80. The molecule has 0 aliphatic rings. The average Bonchev–Trinajstić information content (AvgIpc) is 2.94. The van der Waals surface area contributed by atoms with E-state index in [-0.39, 0.29) is 17.5 Å². The molecule has 0 aliphatic heterocycles. The van der Waals surface area contributed by atoms with E-state index < -0.39 is 10.0 Å². The molecule has 0 aliphatic carbocycles. The molecule has 0 saturated carbocycles. The molecule has 146 valence electrons. The van der Waals surface area contributed by atoms with Crippen LogP contribution in [0.25, 0.3) is 0 Å². The number of primary sulfonamides is 1. The molecule has 1 heterocycles. The van der Waals surface area contributed by atoms with Crippen LogP contribution >= 0.6 is 0 Å². The van der Waals surface area contributed by atoms with Crippen LogP contribution in [0, 0.1) is 6.92 Å². The number of carbonyl (C=O) groups is 1. The zero-order chi connectivity index (χ0) is 20.3. The lowest BCUT2D eigenvalue weighted by atomic mass is 9.96. The lowest BCUT2D eigenvalue weighted by Gasteiger charge is -2.17. The van der Waals surface area contributed by atoms with Gasteiger partial charge >= 0.3 is 0 Å². The van der Waals surface area contributed by atoms with Crippen LogP contribution in [0.15, 0.2) is 66.7 Å². The highest BCUT2D eigenvalue weighted by Crippen LogP contribution is 2.26. The number of rotatable bonds is 7. The molecular weight excluding hydrogens is 372 g/mol. The quantitative estimate of drug-likeness (QED) is 0.623. The Kier molecular flexibility index (Phi) is 5.82. The highest BCUT2D eigenvalue weighted by molar-refractivity contribution is 7.89. The molecule has 1 aromatic heterocycles. The van der Waals surface area contributed by atoms with E-state index in [1.807, 2.05) is 73.1 Å². The minimum Gasteiger partial charge on any atom is -0.345 e. The fourth-order valence-corrected chi connectivity index (χ4v) is 4.48. The topological polar surface area (TPSA) is 82.2 Å². The monoisotopic (exact) mass is 396 g/mol. The Bertz CT molecular complexity index is 1070. The summed E-state index contributed by atoms with van der Waals surface area (Å²) in [6, 6.07) is 20.5. The van der Waals surface area contributed by atoms with E-state index in [4.69, 9.17) is 5.14 Å². The van der Waals surface area contributed by atoms with E-state index in [0.29, 0.717) is 17.7 Å². The summed E-state index contributed by atoms with van der Waals surface area (Å²) in [6.45, 7) is 1.90. The van der Waals surface area contributed by atoms with Crippen molar-refractivity contribution in [3.05, 3.63) is 94.8 Å². The van der Waals surface area contributed by atoms with Gasteiger partial charge in [0.25, 0.3) is 0 Å². The summed E-state index contributed by atoms with van der Waals surface area (Å²) in [6.07, 6.45) is 0.472. The second-order valence-corrected chi connectivity index (χ2v) is 8.72. The van der Waals surface area contributed by atoms with Crippen LogP contribution in [0.1, 0.15) is 38.8 Å². The molecular formula is C22H24N2O3S. The first-order valence-electron chi connectivity index (χ1n) is 9.06. The summed E-state index contributed by atoms with van der Waals surface area (Å²) in [5.74, 6) is -0.484. The van der Waals surface area contributed by atoms with E-state index in [1.54, 1.807) is 12.1 Å². The van der Waals surface area contributed by atoms with E-state index >= 15 is 0 Å². The fourth-order valence-electron chi connectivity index (χ4n) is 3.61. The van der Waals surface area contributed by atoms with E-state index in [0.717, 1.165) is 16.8 Å². The van der Waals surface area contributed by atoms with Crippen LogP contribution < -0.4 is 5.14 Å².